The average Bonchev–Trinajstić information content (AvgIpc) is 2.54. The van der Waals surface area contributed by atoms with Crippen molar-refractivity contribution < 1.29 is 14.3 Å². The van der Waals surface area contributed by atoms with Crippen LogP contribution in [0.15, 0.2) is 41.5 Å². The van der Waals surface area contributed by atoms with Crippen LogP contribution >= 0.6 is 11.8 Å². The molecular weight excluding hydrogens is 365 g/mol. The van der Waals surface area contributed by atoms with E-state index in [0.717, 1.165) is 0 Å². The van der Waals surface area contributed by atoms with Crippen molar-refractivity contribution >= 4 is 22.7 Å². The summed E-state index contributed by atoms with van der Waals surface area (Å²) in [6.07, 6.45) is 1.93. The Kier molecular flexibility index (Phi) is 4.99. The number of carbonyl (C=O) groups excluding carboxylic acids is 1. The van der Waals surface area contributed by atoms with Crippen molar-refractivity contribution in [1.82, 2.24) is 4.98 Å². The summed E-state index contributed by atoms with van der Waals surface area (Å²) in [5, 5.41) is 9.72. The van der Waals surface area contributed by atoms with Gasteiger partial charge in [0, 0.05) is 16.7 Å². The number of halogens is 1. The number of carbonyl (C=O) groups is 1. The summed E-state index contributed by atoms with van der Waals surface area (Å²) in [6, 6.07) is 7.53. The maximum absolute atomic E-state index is 14.6. The van der Waals surface area contributed by atoms with Gasteiger partial charge >= 0.3 is 0 Å². The van der Waals surface area contributed by atoms with E-state index in [1.54, 1.807) is 12.1 Å². The second-order valence-corrected chi connectivity index (χ2v) is 9.31. The molecule has 1 aliphatic rings. The van der Waals surface area contributed by atoms with E-state index in [1.807, 2.05) is 6.92 Å². The van der Waals surface area contributed by atoms with Gasteiger partial charge in [-0.2, -0.15) is 0 Å². The molecule has 2 heterocycles. The van der Waals surface area contributed by atoms with Crippen molar-refractivity contribution in [3.63, 3.8) is 0 Å². The van der Waals surface area contributed by atoms with Crippen LogP contribution in [-0.2, 0) is 12.0 Å². The number of ketones is 1. The van der Waals surface area contributed by atoms with Gasteiger partial charge in [0.25, 0.3) is 0 Å². The number of aromatic hydroxyl groups is 1. The molecule has 0 fully saturated rings. The third kappa shape index (κ3) is 4.30. The predicted octanol–water partition coefficient (Wildman–Crippen LogP) is 3.80. The number of hydrogen-bond donors (Lipinski definition) is 2. The van der Waals surface area contributed by atoms with E-state index in [2.05, 4.69) is 23.8 Å². The average molecular weight is 387 g/mol. The zero-order valence-electron chi connectivity index (χ0n) is 15.5. The Morgan fingerprint density at radius 1 is 1.30 bits per heavy atom. The van der Waals surface area contributed by atoms with Gasteiger partial charge in [-0.1, -0.05) is 31.7 Å². The molecule has 0 aliphatic carbocycles. The van der Waals surface area contributed by atoms with Crippen LogP contribution < -0.4 is 5.73 Å². The zero-order chi connectivity index (χ0) is 19.8. The molecule has 0 radical (unpaired) electrons. The molecular formula is C20H22FN3O2S. The summed E-state index contributed by atoms with van der Waals surface area (Å²) in [4.78, 5) is 20.9. The Bertz CT molecular complexity index is 912. The monoisotopic (exact) mass is 387 g/mol. The molecule has 1 aromatic heterocycles. The quantitative estimate of drug-likeness (QED) is 0.779. The Labute approximate surface area is 161 Å². The fraction of sp³-hybridized carbons (Fsp3) is 0.350. The molecule has 0 saturated heterocycles. The first-order chi connectivity index (χ1) is 12.6. The molecule has 1 aromatic carbocycles. The first-order valence-electron chi connectivity index (χ1n) is 8.59. The molecule has 0 unspecified atom stereocenters. The Hall–Kier alpha value is -2.41. The van der Waals surface area contributed by atoms with E-state index in [1.165, 1.54) is 36.2 Å². The van der Waals surface area contributed by atoms with Crippen LogP contribution in [0.5, 0.6) is 5.75 Å². The van der Waals surface area contributed by atoms with Crippen molar-refractivity contribution in [3.8, 4) is 5.75 Å². The van der Waals surface area contributed by atoms with E-state index in [9.17, 15) is 14.3 Å². The fourth-order valence-electron chi connectivity index (χ4n) is 3.53. The number of hydrogen-bond acceptors (Lipinski definition) is 6. The van der Waals surface area contributed by atoms with Crippen LogP contribution in [0.1, 0.15) is 48.8 Å². The number of rotatable bonds is 4. The van der Waals surface area contributed by atoms with Crippen LogP contribution in [0.25, 0.3) is 0 Å². The predicted molar refractivity (Wildman–Crippen MR) is 106 cm³/mol. The second-order valence-electron chi connectivity index (χ2n) is 7.58. The van der Waals surface area contributed by atoms with Gasteiger partial charge in [-0.15, -0.1) is 0 Å². The second kappa shape index (κ2) is 6.96. The molecule has 0 spiro atoms. The summed E-state index contributed by atoms with van der Waals surface area (Å²) in [5.41, 5.74) is 6.56. The first kappa shape index (κ1) is 19.4. The molecule has 0 bridgehead atoms. The molecule has 7 heteroatoms. The van der Waals surface area contributed by atoms with E-state index < -0.39 is 5.54 Å². The number of pyridine rings is 1. The van der Waals surface area contributed by atoms with Crippen LogP contribution in [0, 0.1) is 5.82 Å². The van der Waals surface area contributed by atoms with Gasteiger partial charge in [0.2, 0.25) is 0 Å². The van der Waals surface area contributed by atoms with Gasteiger partial charge in [-0.25, -0.2) is 9.37 Å². The van der Waals surface area contributed by atoms with Crippen molar-refractivity contribution in [2.45, 2.75) is 43.9 Å². The Morgan fingerprint density at radius 2 is 2.04 bits per heavy atom. The maximum atomic E-state index is 14.6. The lowest BCUT2D eigenvalue weighted by molar-refractivity contribution is 0.0988. The number of benzene rings is 1. The summed E-state index contributed by atoms with van der Waals surface area (Å²) in [6.45, 7) is 5.98. The highest BCUT2D eigenvalue weighted by atomic mass is 32.2. The van der Waals surface area contributed by atoms with E-state index in [4.69, 9.17) is 5.73 Å². The minimum atomic E-state index is -0.793. The fourth-order valence-corrected chi connectivity index (χ4v) is 4.70. The molecule has 1 aliphatic heterocycles. The highest BCUT2D eigenvalue weighted by Gasteiger charge is 2.40. The van der Waals surface area contributed by atoms with E-state index in [0.29, 0.717) is 22.7 Å². The smallest absolute Gasteiger partial charge is 0.185 e. The van der Waals surface area contributed by atoms with Gasteiger partial charge in [0.05, 0.1) is 11.7 Å². The van der Waals surface area contributed by atoms with Crippen LogP contribution in [0.2, 0.25) is 0 Å². The molecule has 0 amide bonds. The molecule has 2 aromatic rings. The van der Waals surface area contributed by atoms with Crippen molar-refractivity contribution in [1.29, 1.82) is 0 Å². The number of Topliss-reactive ketones (excluding diaryl/α,β-unsaturated/α-hetero) is 1. The zero-order valence-corrected chi connectivity index (χ0v) is 16.3. The van der Waals surface area contributed by atoms with Crippen molar-refractivity contribution in [2.75, 3.05) is 0 Å². The normalized spacial score (nSPS) is 21.6. The molecule has 27 heavy (non-hydrogen) atoms. The van der Waals surface area contributed by atoms with Crippen LogP contribution in [-0.4, -0.2) is 25.8 Å². The van der Waals surface area contributed by atoms with E-state index in [-0.39, 0.29) is 34.2 Å². The standard InChI is InChI=1S/C20H22FN3O2S/c1-19(2)11-20(3,24-18(22)27-19)14-8-12(4-6-15(14)21)9-17(26)16-7-5-13(25)10-23-16/h4-8,10,25H,9,11H2,1-3H3,(H2,22,24)/t20-/m0/s1. The summed E-state index contributed by atoms with van der Waals surface area (Å²) in [7, 11) is 0. The molecule has 3 N–H and O–H groups in total. The highest BCUT2D eigenvalue weighted by molar-refractivity contribution is 8.15. The number of nitrogens with zero attached hydrogens (tertiary/aromatic N) is 2. The lowest BCUT2D eigenvalue weighted by Gasteiger charge is -2.39. The van der Waals surface area contributed by atoms with Gasteiger partial charge in [-0.3, -0.25) is 9.79 Å². The van der Waals surface area contributed by atoms with Crippen LogP contribution in [0.4, 0.5) is 4.39 Å². The summed E-state index contributed by atoms with van der Waals surface area (Å²) < 4.78 is 14.5. The summed E-state index contributed by atoms with van der Waals surface area (Å²) in [5.74, 6) is -0.576. The third-order valence-electron chi connectivity index (χ3n) is 4.52. The highest BCUT2D eigenvalue weighted by Crippen LogP contribution is 2.45. The first-order valence-corrected chi connectivity index (χ1v) is 9.41. The third-order valence-corrected chi connectivity index (χ3v) is 5.51. The largest absolute Gasteiger partial charge is 0.506 e. The Morgan fingerprint density at radius 3 is 2.67 bits per heavy atom. The van der Waals surface area contributed by atoms with Gasteiger partial charge in [-0.05, 0) is 43.2 Å². The van der Waals surface area contributed by atoms with Gasteiger partial charge in [0.15, 0.2) is 11.0 Å². The molecule has 0 saturated carbocycles. The minimum absolute atomic E-state index is 0.00298. The number of amidine groups is 1. The number of nitrogens with two attached hydrogens (primary N) is 1. The molecule has 3 rings (SSSR count). The minimum Gasteiger partial charge on any atom is -0.506 e. The lowest BCUT2D eigenvalue weighted by Crippen LogP contribution is -2.38. The van der Waals surface area contributed by atoms with Crippen molar-refractivity contribution in [3.05, 3.63) is 59.2 Å². The number of aliphatic imine (C=N–C) groups is 1. The summed E-state index contributed by atoms with van der Waals surface area (Å²) >= 11 is 1.48. The number of aromatic nitrogens is 1. The van der Waals surface area contributed by atoms with E-state index >= 15 is 0 Å². The van der Waals surface area contributed by atoms with Crippen molar-refractivity contribution in [2.24, 2.45) is 10.7 Å². The Balaban J connectivity index is 1.92. The lowest BCUT2D eigenvalue weighted by atomic mass is 9.82. The number of thioether (sulfide) groups is 1. The molecule has 1 atom stereocenters. The van der Waals surface area contributed by atoms with Crippen LogP contribution in [0.3, 0.4) is 0 Å². The molecule has 142 valence electrons. The van der Waals surface area contributed by atoms with Gasteiger partial charge < -0.3 is 10.8 Å². The SMILES string of the molecule is CC1(C)C[C@@](C)(c2cc(CC(=O)c3ccc(O)cn3)ccc2F)N=C(N)S1. The van der Waals surface area contributed by atoms with Gasteiger partial charge in [0.1, 0.15) is 17.3 Å². The topological polar surface area (TPSA) is 88.6 Å². The molecule has 5 nitrogen and oxygen atoms in total. The maximum Gasteiger partial charge on any atom is 0.185 e.